The molecule has 1 N–H and O–H groups in total. The maximum absolute atomic E-state index is 13.1. The quantitative estimate of drug-likeness (QED) is 0.905. The minimum absolute atomic E-state index is 0.229. The summed E-state index contributed by atoms with van der Waals surface area (Å²) in [4.78, 5) is 25.9. The molecule has 0 unspecified atom stereocenters. The van der Waals surface area contributed by atoms with Crippen LogP contribution in [0, 0.1) is 6.92 Å². The molecule has 1 heterocycles. The molecule has 0 saturated heterocycles. The van der Waals surface area contributed by atoms with Gasteiger partial charge in [0.2, 0.25) is 0 Å². The molecule has 0 aliphatic rings. The summed E-state index contributed by atoms with van der Waals surface area (Å²) in [6.07, 6.45) is 1.52. The van der Waals surface area contributed by atoms with Crippen LogP contribution in [-0.2, 0) is 16.9 Å². The van der Waals surface area contributed by atoms with Gasteiger partial charge in [-0.2, -0.15) is 5.10 Å². The number of hydrogen-bond acceptors (Lipinski definition) is 3. The van der Waals surface area contributed by atoms with E-state index in [4.69, 9.17) is 0 Å². The fourth-order valence-corrected chi connectivity index (χ4v) is 2.75. The van der Waals surface area contributed by atoms with Crippen molar-refractivity contribution in [1.29, 1.82) is 0 Å². The van der Waals surface area contributed by atoms with Crippen molar-refractivity contribution < 1.29 is 14.7 Å². The number of amides is 1. The summed E-state index contributed by atoms with van der Waals surface area (Å²) in [7, 11) is 0. The SMILES string of the molecule is Cc1c(C(=O)N(Cc2ccccc2)[C@H](C)C(=O)O)cnn1C(C)(C)C. The first-order valence-corrected chi connectivity index (χ1v) is 8.25. The van der Waals surface area contributed by atoms with Crippen molar-refractivity contribution in [2.75, 3.05) is 0 Å². The van der Waals surface area contributed by atoms with Gasteiger partial charge in [0.15, 0.2) is 0 Å². The first-order chi connectivity index (χ1) is 11.6. The number of nitrogens with zero attached hydrogens (tertiary/aromatic N) is 3. The second-order valence-electron chi connectivity index (χ2n) is 7.16. The lowest BCUT2D eigenvalue weighted by Gasteiger charge is -2.27. The fourth-order valence-electron chi connectivity index (χ4n) is 2.75. The van der Waals surface area contributed by atoms with Gasteiger partial charge in [-0.25, -0.2) is 4.79 Å². The van der Waals surface area contributed by atoms with Crippen LogP contribution in [0.1, 0.15) is 49.3 Å². The zero-order valence-corrected chi connectivity index (χ0v) is 15.4. The van der Waals surface area contributed by atoms with Crippen LogP contribution in [0.25, 0.3) is 0 Å². The molecule has 2 rings (SSSR count). The smallest absolute Gasteiger partial charge is 0.326 e. The van der Waals surface area contributed by atoms with Gasteiger partial charge in [-0.05, 0) is 40.2 Å². The van der Waals surface area contributed by atoms with Crippen molar-refractivity contribution in [2.45, 2.75) is 52.7 Å². The fraction of sp³-hybridized carbons (Fsp3) is 0.421. The monoisotopic (exact) mass is 343 g/mol. The molecule has 25 heavy (non-hydrogen) atoms. The molecule has 6 heteroatoms. The van der Waals surface area contributed by atoms with E-state index in [1.165, 1.54) is 18.0 Å². The highest BCUT2D eigenvalue weighted by Crippen LogP contribution is 2.21. The lowest BCUT2D eigenvalue weighted by atomic mass is 10.1. The highest BCUT2D eigenvalue weighted by molar-refractivity contribution is 5.97. The predicted octanol–water partition coefficient (Wildman–Crippen LogP) is 3.06. The van der Waals surface area contributed by atoms with E-state index in [0.29, 0.717) is 5.56 Å². The molecule has 0 aliphatic carbocycles. The molecule has 0 aliphatic heterocycles. The molecule has 1 amide bonds. The Labute approximate surface area is 148 Å². The molecular weight excluding hydrogens is 318 g/mol. The van der Waals surface area contributed by atoms with Crippen molar-refractivity contribution in [3.05, 3.63) is 53.3 Å². The van der Waals surface area contributed by atoms with Crippen molar-refractivity contribution in [3.8, 4) is 0 Å². The van der Waals surface area contributed by atoms with Gasteiger partial charge in [0.25, 0.3) is 5.91 Å². The average Bonchev–Trinajstić information content (AvgIpc) is 2.94. The zero-order chi connectivity index (χ0) is 18.8. The number of hydrogen-bond donors (Lipinski definition) is 1. The molecule has 0 bridgehead atoms. The van der Waals surface area contributed by atoms with Gasteiger partial charge in [-0.1, -0.05) is 30.3 Å². The third kappa shape index (κ3) is 4.07. The Morgan fingerprint density at radius 3 is 2.32 bits per heavy atom. The minimum atomic E-state index is -1.04. The minimum Gasteiger partial charge on any atom is -0.480 e. The lowest BCUT2D eigenvalue weighted by Crippen LogP contribution is -2.43. The molecule has 0 fully saturated rings. The van der Waals surface area contributed by atoms with Crippen LogP contribution >= 0.6 is 0 Å². The summed E-state index contributed by atoms with van der Waals surface area (Å²) in [6, 6.07) is 8.43. The molecule has 1 atom stereocenters. The third-order valence-electron chi connectivity index (χ3n) is 4.16. The van der Waals surface area contributed by atoms with E-state index >= 15 is 0 Å². The number of carbonyl (C=O) groups is 2. The van der Waals surface area contributed by atoms with Crippen LogP contribution in [-0.4, -0.2) is 37.7 Å². The molecule has 6 nitrogen and oxygen atoms in total. The molecule has 1 aromatic carbocycles. The molecule has 2 aromatic rings. The number of carboxylic acid groups (broad SMARTS) is 1. The van der Waals surface area contributed by atoms with E-state index < -0.39 is 12.0 Å². The largest absolute Gasteiger partial charge is 0.480 e. The Balaban J connectivity index is 2.39. The van der Waals surface area contributed by atoms with Crippen molar-refractivity contribution in [1.82, 2.24) is 14.7 Å². The Hall–Kier alpha value is -2.63. The van der Waals surface area contributed by atoms with Gasteiger partial charge in [0.1, 0.15) is 6.04 Å². The number of aliphatic carboxylic acids is 1. The number of aromatic nitrogens is 2. The third-order valence-corrected chi connectivity index (χ3v) is 4.16. The van der Waals surface area contributed by atoms with Crippen LogP contribution in [0.2, 0.25) is 0 Å². The standard InChI is InChI=1S/C19H25N3O3/c1-13-16(11-20-22(13)19(3,4)5)17(23)21(14(2)18(24)25)12-15-9-7-6-8-10-15/h6-11,14H,12H2,1-5H3,(H,24,25)/t14-/m1/s1. The molecule has 0 saturated carbocycles. The van der Waals surface area contributed by atoms with Crippen LogP contribution in [0.4, 0.5) is 0 Å². The highest BCUT2D eigenvalue weighted by atomic mass is 16.4. The van der Waals surface area contributed by atoms with E-state index in [0.717, 1.165) is 11.3 Å². The topological polar surface area (TPSA) is 75.4 Å². The normalized spacial score (nSPS) is 12.7. The highest BCUT2D eigenvalue weighted by Gasteiger charge is 2.30. The second kappa shape index (κ2) is 7.09. The van der Waals surface area contributed by atoms with Gasteiger partial charge in [0.05, 0.1) is 17.3 Å². The summed E-state index contributed by atoms with van der Waals surface area (Å²) in [5.41, 5.74) is 1.78. The first-order valence-electron chi connectivity index (χ1n) is 8.25. The van der Waals surface area contributed by atoms with Gasteiger partial charge in [0, 0.05) is 12.2 Å². The summed E-state index contributed by atoms with van der Waals surface area (Å²) >= 11 is 0. The first kappa shape index (κ1) is 18.7. The van der Waals surface area contributed by atoms with E-state index in [9.17, 15) is 14.7 Å². The Morgan fingerprint density at radius 1 is 1.24 bits per heavy atom. The van der Waals surface area contributed by atoms with Crippen molar-refractivity contribution >= 4 is 11.9 Å². The van der Waals surface area contributed by atoms with E-state index in [2.05, 4.69) is 5.10 Å². The Bertz CT molecular complexity index is 760. The van der Waals surface area contributed by atoms with Crippen LogP contribution in [0.3, 0.4) is 0 Å². The van der Waals surface area contributed by atoms with Gasteiger partial charge in [-0.3, -0.25) is 9.48 Å². The summed E-state index contributed by atoms with van der Waals surface area (Å²) in [5.74, 6) is -1.36. The number of rotatable bonds is 5. The number of carboxylic acids is 1. The molecule has 1 aromatic heterocycles. The number of carbonyl (C=O) groups excluding carboxylic acids is 1. The maximum atomic E-state index is 13.1. The van der Waals surface area contributed by atoms with E-state index in [1.807, 2.05) is 58.0 Å². The van der Waals surface area contributed by atoms with E-state index in [1.54, 1.807) is 4.68 Å². The van der Waals surface area contributed by atoms with Gasteiger partial charge >= 0.3 is 5.97 Å². The van der Waals surface area contributed by atoms with Crippen molar-refractivity contribution in [3.63, 3.8) is 0 Å². The Morgan fingerprint density at radius 2 is 1.84 bits per heavy atom. The molecule has 0 spiro atoms. The summed E-state index contributed by atoms with van der Waals surface area (Å²) in [5, 5.41) is 13.7. The van der Waals surface area contributed by atoms with Crippen LogP contribution in [0.5, 0.6) is 0 Å². The second-order valence-corrected chi connectivity index (χ2v) is 7.16. The molecule has 134 valence electrons. The van der Waals surface area contributed by atoms with Crippen molar-refractivity contribution in [2.24, 2.45) is 0 Å². The lowest BCUT2D eigenvalue weighted by molar-refractivity contribution is -0.141. The molecule has 0 radical (unpaired) electrons. The van der Waals surface area contributed by atoms with Gasteiger partial charge < -0.3 is 10.0 Å². The molecular formula is C19H25N3O3. The number of benzene rings is 1. The zero-order valence-electron chi connectivity index (χ0n) is 15.4. The maximum Gasteiger partial charge on any atom is 0.326 e. The predicted molar refractivity (Wildman–Crippen MR) is 95.4 cm³/mol. The van der Waals surface area contributed by atoms with E-state index in [-0.39, 0.29) is 18.0 Å². The van der Waals surface area contributed by atoms with Crippen LogP contribution in [0.15, 0.2) is 36.5 Å². The van der Waals surface area contributed by atoms with Crippen LogP contribution < -0.4 is 0 Å². The summed E-state index contributed by atoms with van der Waals surface area (Å²) < 4.78 is 1.78. The van der Waals surface area contributed by atoms with Gasteiger partial charge in [-0.15, -0.1) is 0 Å². The average molecular weight is 343 g/mol. The Kier molecular flexibility index (Phi) is 5.30. The summed E-state index contributed by atoms with van der Waals surface area (Å²) in [6.45, 7) is 9.59.